The summed E-state index contributed by atoms with van der Waals surface area (Å²) < 4.78 is 15.2. The zero-order valence-corrected chi connectivity index (χ0v) is 15.8. The van der Waals surface area contributed by atoms with E-state index in [2.05, 4.69) is 0 Å². The number of nitrogens with zero attached hydrogens (tertiary/aromatic N) is 2. The number of hydrogen-bond acceptors (Lipinski definition) is 8. The highest BCUT2D eigenvalue weighted by atomic mass is 16.6. The van der Waals surface area contributed by atoms with Crippen molar-refractivity contribution in [3.8, 4) is 11.1 Å². The Morgan fingerprint density at radius 2 is 1.69 bits per heavy atom. The summed E-state index contributed by atoms with van der Waals surface area (Å²) in [6.07, 6.45) is 0. The minimum absolute atomic E-state index is 0.00885. The third-order valence-electron chi connectivity index (χ3n) is 4.42. The molecule has 2 aromatic carbocycles. The molecule has 150 valence electrons. The van der Waals surface area contributed by atoms with Gasteiger partial charge in [0.25, 0.3) is 5.69 Å². The molecule has 0 amide bonds. The zero-order valence-electron chi connectivity index (χ0n) is 15.8. The maximum absolute atomic E-state index is 12.5. The lowest BCUT2D eigenvalue weighted by Crippen LogP contribution is -2.39. The first-order valence-corrected chi connectivity index (χ1v) is 8.56. The summed E-state index contributed by atoms with van der Waals surface area (Å²) in [7, 11) is 2.44. The SMILES string of the molecule is COC(=O)C1=C(C(=O)OC)N(c2ccccc2-c2ccc([N+](=O)[O-])cc2)COC1. The monoisotopic (exact) mass is 398 g/mol. The van der Waals surface area contributed by atoms with Crippen molar-refractivity contribution in [3.63, 3.8) is 0 Å². The van der Waals surface area contributed by atoms with Gasteiger partial charge in [-0.2, -0.15) is 0 Å². The van der Waals surface area contributed by atoms with Gasteiger partial charge in [0, 0.05) is 17.7 Å². The van der Waals surface area contributed by atoms with Gasteiger partial charge in [-0.3, -0.25) is 10.1 Å². The molecule has 0 unspecified atom stereocenters. The molecule has 0 aromatic heterocycles. The number of nitro benzene ring substituents is 1. The van der Waals surface area contributed by atoms with Crippen molar-refractivity contribution < 1.29 is 28.7 Å². The van der Waals surface area contributed by atoms with Crippen LogP contribution in [0.4, 0.5) is 11.4 Å². The fourth-order valence-electron chi connectivity index (χ4n) is 3.05. The number of methoxy groups -OCH3 is 2. The predicted molar refractivity (Wildman–Crippen MR) is 103 cm³/mol. The molecule has 9 nitrogen and oxygen atoms in total. The van der Waals surface area contributed by atoms with E-state index >= 15 is 0 Å². The second kappa shape index (κ2) is 8.53. The van der Waals surface area contributed by atoms with Crippen molar-refractivity contribution in [3.05, 3.63) is 69.9 Å². The zero-order chi connectivity index (χ0) is 21.0. The van der Waals surface area contributed by atoms with Crippen LogP contribution < -0.4 is 4.90 Å². The fraction of sp³-hybridized carbons (Fsp3) is 0.200. The van der Waals surface area contributed by atoms with Crippen LogP contribution in [0.2, 0.25) is 0 Å². The van der Waals surface area contributed by atoms with Crippen molar-refractivity contribution in [2.45, 2.75) is 0 Å². The number of carbonyl (C=O) groups excluding carboxylic acids is 2. The molecule has 0 fully saturated rings. The molecule has 1 aliphatic rings. The lowest BCUT2D eigenvalue weighted by molar-refractivity contribution is -0.384. The van der Waals surface area contributed by atoms with Gasteiger partial charge in [-0.15, -0.1) is 0 Å². The first kappa shape index (κ1) is 20.0. The summed E-state index contributed by atoms with van der Waals surface area (Å²) in [5.74, 6) is -1.39. The Hall–Kier alpha value is -3.72. The van der Waals surface area contributed by atoms with Crippen LogP contribution in [0, 0.1) is 10.1 Å². The Morgan fingerprint density at radius 1 is 1.03 bits per heavy atom. The van der Waals surface area contributed by atoms with Gasteiger partial charge in [0.05, 0.1) is 37.0 Å². The maximum atomic E-state index is 12.5. The van der Waals surface area contributed by atoms with E-state index in [9.17, 15) is 19.7 Å². The van der Waals surface area contributed by atoms with Gasteiger partial charge in [0.2, 0.25) is 0 Å². The summed E-state index contributed by atoms with van der Waals surface area (Å²) in [6.45, 7) is -0.0811. The lowest BCUT2D eigenvalue weighted by Gasteiger charge is -2.32. The third kappa shape index (κ3) is 3.94. The molecule has 0 N–H and O–H groups in total. The number of non-ortho nitro benzene ring substituents is 1. The van der Waals surface area contributed by atoms with E-state index in [4.69, 9.17) is 14.2 Å². The average molecular weight is 398 g/mol. The van der Waals surface area contributed by atoms with Gasteiger partial charge in [-0.25, -0.2) is 9.59 Å². The summed E-state index contributed by atoms with van der Waals surface area (Å²) in [4.78, 5) is 36.6. The number of nitro groups is 1. The van der Waals surface area contributed by atoms with Gasteiger partial charge in [-0.1, -0.05) is 18.2 Å². The van der Waals surface area contributed by atoms with E-state index in [1.54, 1.807) is 36.4 Å². The molecular formula is C20H18N2O7. The Kier molecular flexibility index (Phi) is 5.89. The van der Waals surface area contributed by atoms with Crippen LogP contribution in [0.3, 0.4) is 0 Å². The summed E-state index contributed by atoms with van der Waals surface area (Å²) in [5.41, 5.74) is 2.00. The molecule has 0 spiro atoms. The number of benzene rings is 2. The molecule has 0 radical (unpaired) electrons. The number of esters is 2. The van der Waals surface area contributed by atoms with Gasteiger partial charge in [0.15, 0.2) is 0 Å². The van der Waals surface area contributed by atoms with Crippen molar-refractivity contribution >= 4 is 23.3 Å². The Labute approximate surface area is 166 Å². The van der Waals surface area contributed by atoms with Gasteiger partial charge >= 0.3 is 11.9 Å². The van der Waals surface area contributed by atoms with E-state index in [0.717, 1.165) is 0 Å². The molecule has 0 aliphatic carbocycles. The summed E-state index contributed by atoms with van der Waals surface area (Å²) in [5, 5.41) is 10.9. The topological polar surface area (TPSA) is 108 Å². The highest BCUT2D eigenvalue weighted by Crippen LogP contribution is 2.35. The quantitative estimate of drug-likeness (QED) is 0.430. The first-order valence-electron chi connectivity index (χ1n) is 8.56. The van der Waals surface area contributed by atoms with Crippen LogP contribution in [0.15, 0.2) is 59.8 Å². The normalized spacial score (nSPS) is 13.8. The van der Waals surface area contributed by atoms with Crippen LogP contribution >= 0.6 is 0 Å². The summed E-state index contributed by atoms with van der Waals surface area (Å²) in [6, 6.07) is 13.2. The summed E-state index contributed by atoms with van der Waals surface area (Å²) >= 11 is 0. The van der Waals surface area contributed by atoms with Crippen molar-refractivity contribution in [2.75, 3.05) is 32.5 Å². The first-order chi connectivity index (χ1) is 14.0. The van der Waals surface area contributed by atoms with Crippen LogP contribution in [-0.2, 0) is 23.8 Å². The molecule has 29 heavy (non-hydrogen) atoms. The molecule has 3 rings (SSSR count). The molecule has 1 aliphatic heterocycles. The smallest absolute Gasteiger partial charge is 0.355 e. The largest absolute Gasteiger partial charge is 0.466 e. The number of ether oxygens (including phenoxy) is 3. The standard InChI is InChI=1S/C20H18N2O7/c1-27-19(23)16-11-29-12-21(18(16)20(24)28-2)17-6-4-3-5-15(17)13-7-9-14(10-8-13)22(25)26/h3-10H,11-12H2,1-2H3. The van der Waals surface area contributed by atoms with Crippen LogP contribution in [0.25, 0.3) is 11.1 Å². The third-order valence-corrected chi connectivity index (χ3v) is 4.42. The molecule has 9 heteroatoms. The fourth-order valence-corrected chi connectivity index (χ4v) is 3.05. The molecule has 0 saturated carbocycles. The number of rotatable bonds is 5. The van der Waals surface area contributed by atoms with Crippen LogP contribution in [0.5, 0.6) is 0 Å². The molecule has 0 saturated heterocycles. The highest BCUT2D eigenvalue weighted by molar-refractivity contribution is 6.04. The Morgan fingerprint density at radius 3 is 2.31 bits per heavy atom. The number of para-hydroxylation sites is 1. The van der Waals surface area contributed by atoms with Crippen molar-refractivity contribution in [1.82, 2.24) is 0 Å². The second-order valence-electron chi connectivity index (χ2n) is 6.04. The highest BCUT2D eigenvalue weighted by Gasteiger charge is 2.33. The Balaban J connectivity index is 2.13. The van der Waals surface area contributed by atoms with E-state index < -0.39 is 16.9 Å². The minimum Gasteiger partial charge on any atom is -0.466 e. The average Bonchev–Trinajstić information content (AvgIpc) is 2.77. The lowest BCUT2D eigenvalue weighted by atomic mass is 10.0. The molecule has 0 atom stereocenters. The Bertz CT molecular complexity index is 983. The second-order valence-corrected chi connectivity index (χ2v) is 6.04. The van der Waals surface area contributed by atoms with E-state index in [-0.39, 0.29) is 30.3 Å². The van der Waals surface area contributed by atoms with Gasteiger partial charge < -0.3 is 19.1 Å². The molecule has 1 heterocycles. The molecule has 0 bridgehead atoms. The maximum Gasteiger partial charge on any atom is 0.355 e. The molecule has 2 aromatic rings. The molecular weight excluding hydrogens is 380 g/mol. The number of hydrogen-bond donors (Lipinski definition) is 0. The van der Waals surface area contributed by atoms with E-state index in [1.165, 1.54) is 31.3 Å². The van der Waals surface area contributed by atoms with Crippen LogP contribution in [0.1, 0.15) is 0 Å². The number of anilines is 1. The van der Waals surface area contributed by atoms with Gasteiger partial charge in [0.1, 0.15) is 12.4 Å². The number of carbonyl (C=O) groups is 2. The van der Waals surface area contributed by atoms with Crippen molar-refractivity contribution in [2.24, 2.45) is 0 Å². The predicted octanol–water partition coefficient (Wildman–Crippen LogP) is 2.66. The van der Waals surface area contributed by atoms with E-state index in [0.29, 0.717) is 16.8 Å². The van der Waals surface area contributed by atoms with Crippen LogP contribution in [-0.4, -0.2) is 44.4 Å². The van der Waals surface area contributed by atoms with Gasteiger partial charge in [-0.05, 0) is 23.8 Å². The minimum atomic E-state index is -0.702. The van der Waals surface area contributed by atoms with Crippen molar-refractivity contribution in [1.29, 1.82) is 0 Å². The van der Waals surface area contributed by atoms with E-state index in [1.807, 2.05) is 0 Å².